The molecule has 0 saturated heterocycles. The van der Waals surface area contributed by atoms with E-state index in [1.807, 2.05) is 0 Å². The Hall–Kier alpha value is -0.850. The Morgan fingerprint density at radius 2 is 2.27 bits per heavy atom. The second-order valence-corrected chi connectivity index (χ2v) is 4.01. The van der Waals surface area contributed by atoms with Crippen LogP contribution in [0, 0.1) is 17.7 Å². The van der Waals surface area contributed by atoms with Crippen molar-refractivity contribution < 1.29 is 9.50 Å². The first-order chi connectivity index (χ1) is 7.15. The van der Waals surface area contributed by atoms with E-state index in [9.17, 15) is 9.50 Å². The van der Waals surface area contributed by atoms with Gasteiger partial charge in [0.05, 0.1) is 10.6 Å². The second-order valence-electron chi connectivity index (χ2n) is 3.15. The summed E-state index contributed by atoms with van der Waals surface area (Å²) in [6.45, 7) is 1.76. The van der Waals surface area contributed by atoms with Crippen molar-refractivity contribution in [3.8, 4) is 11.8 Å². The van der Waals surface area contributed by atoms with E-state index in [1.54, 1.807) is 19.1 Å². The fraction of sp³-hybridized carbons (Fsp3) is 0.333. The summed E-state index contributed by atoms with van der Waals surface area (Å²) in [5, 5.41) is 9.71. The molecule has 1 N–H and O–H groups in total. The smallest absolute Gasteiger partial charge is 0.137 e. The third kappa shape index (κ3) is 3.65. The number of aliphatic hydroxyl groups excluding tert-OH is 1. The molecule has 0 saturated carbocycles. The Morgan fingerprint density at radius 3 is 2.87 bits per heavy atom. The molecule has 0 amide bonds. The summed E-state index contributed by atoms with van der Waals surface area (Å²) in [6.07, 6.45) is 0.505. The molecule has 0 fully saturated rings. The molecular formula is C12H12BrFO. The van der Waals surface area contributed by atoms with Gasteiger partial charge in [0.1, 0.15) is 5.82 Å². The van der Waals surface area contributed by atoms with E-state index in [2.05, 4.69) is 27.8 Å². The van der Waals surface area contributed by atoms with Gasteiger partial charge in [-0.2, -0.15) is 0 Å². The van der Waals surface area contributed by atoms with Crippen LogP contribution in [0.25, 0.3) is 0 Å². The van der Waals surface area contributed by atoms with Crippen LogP contribution in [0.3, 0.4) is 0 Å². The summed E-state index contributed by atoms with van der Waals surface area (Å²) in [7, 11) is 0. The minimum Gasteiger partial charge on any atom is -0.388 e. The van der Waals surface area contributed by atoms with Crippen molar-refractivity contribution in [1.29, 1.82) is 0 Å². The molecule has 3 heteroatoms. The average Bonchev–Trinajstić information content (AvgIpc) is 2.22. The largest absolute Gasteiger partial charge is 0.388 e. The molecule has 0 aliphatic rings. The number of hydrogen-bond acceptors (Lipinski definition) is 1. The van der Waals surface area contributed by atoms with Crippen LogP contribution in [0.1, 0.15) is 31.4 Å². The lowest BCUT2D eigenvalue weighted by Gasteiger charge is -2.09. The Kier molecular flexibility index (Phi) is 4.80. The molecule has 0 aromatic heterocycles. The normalized spacial score (nSPS) is 11.7. The SMILES string of the molecule is CC#CCCC(O)c1ccc(Br)c(F)c1. The first kappa shape index (κ1) is 12.2. The van der Waals surface area contributed by atoms with E-state index in [0.717, 1.165) is 0 Å². The van der Waals surface area contributed by atoms with Gasteiger partial charge in [-0.05, 0) is 47.0 Å². The minimum atomic E-state index is -0.645. The van der Waals surface area contributed by atoms with Gasteiger partial charge in [0.25, 0.3) is 0 Å². The van der Waals surface area contributed by atoms with Crippen molar-refractivity contribution in [2.75, 3.05) is 0 Å². The van der Waals surface area contributed by atoms with Gasteiger partial charge in [0.15, 0.2) is 0 Å². The molecule has 0 aliphatic carbocycles. The van der Waals surface area contributed by atoms with Crippen molar-refractivity contribution in [2.45, 2.75) is 25.9 Å². The van der Waals surface area contributed by atoms with Crippen LogP contribution >= 0.6 is 15.9 Å². The molecular weight excluding hydrogens is 259 g/mol. The summed E-state index contributed by atoms with van der Waals surface area (Å²) in [5.74, 6) is 5.26. The minimum absolute atomic E-state index is 0.354. The van der Waals surface area contributed by atoms with Crippen molar-refractivity contribution >= 4 is 15.9 Å². The molecule has 0 aliphatic heterocycles. The number of hydrogen-bond donors (Lipinski definition) is 1. The third-order valence-electron chi connectivity index (χ3n) is 2.05. The highest BCUT2D eigenvalue weighted by molar-refractivity contribution is 9.10. The highest BCUT2D eigenvalue weighted by atomic mass is 79.9. The topological polar surface area (TPSA) is 20.2 Å². The van der Waals surface area contributed by atoms with Crippen LogP contribution in [-0.2, 0) is 0 Å². The Labute approximate surface area is 97.4 Å². The fourth-order valence-corrected chi connectivity index (χ4v) is 1.47. The zero-order valence-electron chi connectivity index (χ0n) is 8.43. The number of halogens is 2. The van der Waals surface area contributed by atoms with E-state index in [4.69, 9.17) is 0 Å². The predicted octanol–water partition coefficient (Wildman–Crippen LogP) is 3.43. The first-order valence-electron chi connectivity index (χ1n) is 4.67. The van der Waals surface area contributed by atoms with Crippen molar-refractivity contribution in [3.05, 3.63) is 34.1 Å². The molecule has 1 atom stereocenters. The van der Waals surface area contributed by atoms with Gasteiger partial charge in [0, 0.05) is 6.42 Å². The Morgan fingerprint density at radius 1 is 1.53 bits per heavy atom. The van der Waals surface area contributed by atoms with Gasteiger partial charge in [-0.1, -0.05) is 6.07 Å². The summed E-state index contributed by atoms with van der Waals surface area (Å²) in [4.78, 5) is 0. The van der Waals surface area contributed by atoms with E-state index in [-0.39, 0.29) is 5.82 Å². The van der Waals surface area contributed by atoms with Gasteiger partial charge < -0.3 is 5.11 Å². The van der Waals surface area contributed by atoms with Crippen LogP contribution in [0.2, 0.25) is 0 Å². The van der Waals surface area contributed by atoms with E-state index >= 15 is 0 Å². The van der Waals surface area contributed by atoms with Crippen molar-refractivity contribution in [3.63, 3.8) is 0 Å². The standard InChI is InChI=1S/C12H12BrFO/c1-2-3-4-5-12(15)9-6-7-10(13)11(14)8-9/h6-8,12,15H,4-5H2,1H3. The molecule has 1 unspecified atom stereocenters. The lowest BCUT2D eigenvalue weighted by molar-refractivity contribution is 0.169. The van der Waals surface area contributed by atoms with E-state index in [0.29, 0.717) is 22.9 Å². The van der Waals surface area contributed by atoms with Crippen LogP contribution in [0.5, 0.6) is 0 Å². The molecule has 1 aromatic carbocycles. The number of rotatable bonds is 3. The van der Waals surface area contributed by atoms with E-state index < -0.39 is 6.10 Å². The Balaban J connectivity index is 2.68. The highest BCUT2D eigenvalue weighted by Crippen LogP contribution is 2.23. The van der Waals surface area contributed by atoms with Gasteiger partial charge in [-0.25, -0.2) is 4.39 Å². The van der Waals surface area contributed by atoms with Gasteiger partial charge >= 0.3 is 0 Å². The monoisotopic (exact) mass is 270 g/mol. The molecule has 1 nitrogen and oxygen atoms in total. The van der Waals surface area contributed by atoms with Crippen molar-refractivity contribution in [2.24, 2.45) is 0 Å². The molecule has 80 valence electrons. The quantitative estimate of drug-likeness (QED) is 0.835. The zero-order valence-corrected chi connectivity index (χ0v) is 10.0. The van der Waals surface area contributed by atoms with Gasteiger partial charge in [0.2, 0.25) is 0 Å². The summed E-state index contributed by atoms with van der Waals surface area (Å²) in [5.41, 5.74) is 0.591. The second kappa shape index (κ2) is 5.89. The van der Waals surface area contributed by atoms with Crippen LogP contribution in [-0.4, -0.2) is 5.11 Å². The van der Waals surface area contributed by atoms with Crippen LogP contribution in [0.15, 0.2) is 22.7 Å². The predicted molar refractivity (Wildman–Crippen MR) is 61.7 cm³/mol. The summed E-state index contributed by atoms with van der Waals surface area (Å²) < 4.78 is 13.6. The van der Waals surface area contributed by atoms with Crippen LogP contribution in [0.4, 0.5) is 4.39 Å². The Bertz CT molecular complexity index is 392. The van der Waals surface area contributed by atoms with Gasteiger partial charge in [-0.3, -0.25) is 0 Å². The molecule has 1 aromatic rings. The molecule has 0 spiro atoms. The lowest BCUT2D eigenvalue weighted by Crippen LogP contribution is -1.97. The molecule has 0 bridgehead atoms. The maximum Gasteiger partial charge on any atom is 0.137 e. The maximum atomic E-state index is 13.1. The van der Waals surface area contributed by atoms with Gasteiger partial charge in [-0.15, -0.1) is 11.8 Å². The molecule has 0 heterocycles. The fourth-order valence-electron chi connectivity index (χ4n) is 1.22. The molecule has 0 radical (unpaired) electrons. The molecule has 15 heavy (non-hydrogen) atoms. The average molecular weight is 271 g/mol. The third-order valence-corrected chi connectivity index (χ3v) is 2.69. The number of aliphatic hydroxyl groups is 1. The van der Waals surface area contributed by atoms with Crippen LogP contribution < -0.4 is 0 Å². The summed E-state index contributed by atoms with van der Waals surface area (Å²) in [6, 6.07) is 4.64. The first-order valence-corrected chi connectivity index (χ1v) is 5.47. The molecule has 1 rings (SSSR count). The zero-order chi connectivity index (χ0) is 11.3. The lowest BCUT2D eigenvalue weighted by atomic mass is 10.1. The van der Waals surface area contributed by atoms with Crippen molar-refractivity contribution in [1.82, 2.24) is 0 Å². The number of benzene rings is 1. The maximum absolute atomic E-state index is 13.1. The highest BCUT2D eigenvalue weighted by Gasteiger charge is 2.08. The van der Waals surface area contributed by atoms with E-state index in [1.165, 1.54) is 6.07 Å². The summed E-state index contributed by atoms with van der Waals surface area (Å²) >= 11 is 3.06.